The van der Waals surface area contributed by atoms with Crippen molar-refractivity contribution < 1.29 is 4.39 Å². The van der Waals surface area contributed by atoms with Crippen molar-refractivity contribution in [2.24, 2.45) is 10.1 Å². The predicted molar refractivity (Wildman–Crippen MR) is 100 cm³/mol. The molecular formula is C19H17FN4S. The molecule has 0 radical (unpaired) electrons. The van der Waals surface area contributed by atoms with Gasteiger partial charge >= 0.3 is 0 Å². The van der Waals surface area contributed by atoms with Gasteiger partial charge in [0.2, 0.25) is 4.80 Å². The van der Waals surface area contributed by atoms with Crippen LogP contribution >= 0.6 is 11.3 Å². The van der Waals surface area contributed by atoms with Crippen LogP contribution in [0.2, 0.25) is 0 Å². The monoisotopic (exact) mass is 352 g/mol. The molecule has 0 fully saturated rings. The summed E-state index contributed by atoms with van der Waals surface area (Å²) in [6.07, 6.45) is 5.15. The van der Waals surface area contributed by atoms with E-state index in [-0.39, 0.29) is 5.82 Å². The lowest BCUT2D eigenvalue weighted by Crippen LogP contribution is -2.14. The maximum Gasteiger partial charge on any atom is 0.206 e. The van der Waals surface area contributed by atoms with Crippen molar-refractivity contribution in [1.29, 1.82) is 0 Å². The Balaban J connectivity index is 2.18. The summed E-state index contributed by atoms with van der Waals surface area (Å²) >= 11 is 1.42. The molecule has 126 valence electrons. The molecule has 0 saturated carbocycles. The van der Waals surface area contributed by atoms with Gasteiger partial charge in [0.1, 0.15) is 5.82 Å². The minimum atomic E-state index is -0.291. The van der Waals surface area contributed by atoms with Crippen molar-refractivity contribution in [3.05, 3.63) is 83.0 Å². The number of hydrogen-bond donors (Lipinski definition) is 0. The highest BCUT2D eigenvalue weighted by Crippen LogP contribution is 2.23. The van der Waals surface area contributed by atoms with E-state index < -0.39 is 0 Å². The van der Waals surface area contributed by atoms with Crippen LogP contribution in [0.15, 0.2) is 76.9 Å². The third-order valence-corrected chi connectivity index (χ3v) is 4.39. The maximum absolute atomic E-state index is 14.3. The van der Waals surface area contributed by atoms with Gasteiger partial charge in [0, 0.05) is 28.9 Å². The van der Waals surface area contributed by atoms with Crippen molar-refractivity contribution in [2.45, 2.75) is 6.92 Å². The topological polar surface area (TPSA) is 42.5 Å². The second kappa shape index (κ2) is 7.81. The fourth-order valence-corrected chi connectivity index (χ4v) is 3.13. The lowest BCUT2D eigenvalue weighted by molar-refractivity contribution is 0.629. The van der Waals surface area contributed by atoms with Crippen molar-refractivity contribution in [3.8, 4) is 11.3 Å². The van der Waals surface area contributed by atoms with Gasteiger partial charge in [-0.3, -0.25) is 9.98 Å². The third kappa shape index (κ3) is 3.80. The zero-order chi connectivity index (χ0) is 17.6. The number of rotatable bonds is 5. The second-order valence-electron chi connectivity index (χ2n) is 5.25. The van der Waals surface area contributed by atoms with E-state index in [1.54, 1.807) is 41.3 Å². The molecule has 2 heterocycles. The van der Waals surface area contributed by atoms with Gasteiger partial charge in [-0.1, -0.05) is 18.2 Å². The van der Waals surface area contributed by atoms with Gasteiger partial charge in [-0.05, 0) is 31.2 Å². The fourth-order valence-electron chi connectivity index (χ4n) is 2.30. The van der Waals surface area contributed by atoms with E-state index >= 15 is 0 Å². The number of benzene rings is 1. The van der Waals surface area contributed by atoms with E-state index in [4.69, 9.17) is 0 Å². The Kier molecular flexibility index (Phi) is 5.30. The zero-order valence-electron chi connectivity index (χ0n) is 13.8. The van der Waals surface area contributed by atoms with Gasteiger partial charge in [0.05, 0.1) is 18.0 Å². The van der Waals surface area contributed by atoms with Crippen LogP contribution in [0, 0.1) is 5.82 Å². The average molecular weight is 352 g/mol. The van der Waals surface area contributed by atoms with E-state index in [0.717, 1.165) is 11.3 Å². The smallest absolute Gasteiger partial charge is 0.206 e. The number of hydrogen-bond acceptors (Lipinski definition) is 4. The van der Waals surface area contributed by atoms with Gasteiger partial charge < -0.3 is 0 Å². The Bertz CT molecular complexity index is 970. The highest BCUT2D eigenvalue weighted by molar-refractivity contribution is 7.07. The summed E-state index contributed by atoms with van der Waals surface area (Å²) in [6.45, 7) is 6.07. The zero-order valence-corrected chi connectivity index (χ0v) is 14.6. The molecule has 0 spiro atoms. The summed E-state index contributed by atoms with van der Waals surface area (Å²) in [6, 6.07) is 10.4. The van der Waals surface area contributed by atoms with Crippen LogP contribution in [0.4, 0.5) is 4.39 Å². The summed E-state index contributed by atoms with van der Waals surface area (Å²) in [5, 5.41) is 6.55. The Morgan fingerprint density at radius 1 is 1.28 bits per heavy atom. The number of pyridine rings is 1. The van der Waals surface area contributed by atoms with E-state index in [1.165, 1.54) is 17.4 Å². The first kappa shape index (κ1) is 17.0. The normalized spacial score (nSPS) is 12.4. The van der Waals surface area contributed by atoms with Gasteiger partial charge in [0.25, 0.3) is 0 Å². The SMILES string of the molecule is C=CCN=c1scc(-c2ccccc2F)n1N=C(C)c1ccncc1. The summed E-state index contributed by atoms with van der Waals surface area (Å²) < 4.78 is 15.9. The highest BCUT2D eigenvalue weighted by atomic mass is 32.1. The first-order valence-corrected chi connectivity index (χ1v) is 8.61. The molecule has 0 unspecified atom stereocenters. The number of halogens is 1. The second-order valence-corrected chi connectivity index (χ2v) is 6.08. The molecule has 0 amide bonds. The molecule has 2 aromatic heterocycles. The molecule has 0 aliphatic heterocycles. The maximum atomic E-state index is 14.3. The third-order valence-electron chi connectivity index (χ3n) is 3.54. The summed E-state index contributed by atoms with van der Waals surface area (Å²) in [7, 11) is 0. The van der Waals surface area contributed by atoms with Gasteiger partial charge in [-0.2, -0.15) is 5.10 Å². The number of aromatic nitrogens is 2. The molecule has 0 atom stereocenters. The molecule has 0 bridgehead atoms. The average Bonchev–Trinajstić information content (AvgIpc) is 3.03. The van der Waals surface area contributed by atoms with Crippen LogP contribution in [-0.2, 0) is 0 Å². The molecule has 4 nitrogen and oxygen atoms in total. The molecule has 3 aromatic rings. The molecule has 0 aliphatic rings. The van der Waals surface area contributed by atoms with Crippen LogP contribution in [0.25, 0.3) is 11.3 Å². The first-order chi connectivity index (χ1) is 12.2. The molecule has 0 aliphatic carbocycles. The van der Waals surface area contributed by atoms with Crippen LogP contribution in [-0.4, -0.2) is 21.9 Å². The van der Waals surface area contributed by atoms with Crippen molar-refractivity contribution >= 4 is 17.0 Å². The Morgan fingerprint density at radius 3 is 2.76 bits per heavy atom. The molecule has 25 heavy (non-hydrogen) atoms. The molecule has 6 heteroatoms. The quantitative estimate of drug-likeness (QED) is 0.503. The number of nitrogens with zero attached hydrogens (tertiary/aromatic N) is 4. The lowest BCUT2D eigenvalue weighted by atomic mass is 10.1. The molecular weight excluding hydrogens is 335 g/mol. The van der Waals surface area contributed by atoms with E-state index in [9.17, 15) is 4.39 Å². The highest BCUT2D eigenvalue weighted by Gasteiger charge is 2.12. The van der Waals surface area contributed by atoms with E-state index in [1.807, 2.05) is 24.4 Å². The largest absolute Gasteiger partial charge is 0.265 e. The minimum Gasteiger partial charge on any atom is -0.265 e. The first-order valence-electron chi connectivity index (χ1n) is 7.73. The minimum absolute atomic E-state index is 0.291. The van der Waals surface area contributed by atoms with Gasteiger partial charge in [0.15, 0.2) is 0 Å². The molecule has 0 N–H and O–H groups in total. The standard InChI is InChI=1S/C19H17FN4S/c1-3-10-22-19-24(23-14(2)15-8-11-21-12-9-15)18(13-25-19)16-6-4-5-7-17(16)20/h3-9,11-13H,1,10H2,2H3. The van der Waals surface area contributed by atoms with Crippen LogP contribution in [0.5, 0.6) is 0 Å². The van der Waals surface area contributed by atoms with Crippen LogP contribution in [0.3, 0.4) is 0 Å². The lowest BCUT2D eigenvalue weighted by Gasteiger charge is -2.07. The Morgan fingerprint density at radius 2 is 2.04 bits per heavy atom. The van der Waals surface area contributed by atoms with Gasteiger partial charge in [-0.15, -0.1) is 17.9 Å². The molecule has 3 rings (SSSR count). The van der Waals surface area contributed by atoms with Gasteiger partial charge in [-0.25, -0.2) is 9.07 Å². The summed E-state index contributed by atoms with van der Waals surface area (Å²) in [5.41, 5.74) is 2.89. The number of thiazole rings is 1. The Hall–Kier alpha value is -2.86. The van der Waals surface area contributed by atoms with Crippen molar-refractivity contribution in [2.75, 3.05) is 6.54 Å². The van der Waals surface area contributed by atoms with E-state index in [2.05, 4.69) is 21.7 Å². The van der Waals surface area contributed by atoms with Crippen LogP contribution in [0.1, 0.15) is 12.5 Å². The summed E-state index contributed by atoms with van der Waals surface area (Å²) in [5.74, 6) is -0.291. The van der Waals surface area contributed by atoms with Crippen LogP contribution < -0.4 is 4.80 Å². The van der Waals surface area contributed by atoms with Crippen molar-refractivity contribution in [3.63, 3.8) is 0 Å². The molecule has 0 saturated heterocycles. The predicted octanol–water partition coefficient (Wildman–Crippen LogP) is 4.11. The Labute approximate surface area is 149 Å². The molecule has 1 aromatic carbocycles. The van der Waals surface area contributed by atoms with E-state index in [0.29, 0.717) is 22.6 Å². The fraction of sp³-hybridized carbons (Fsp3) is 0.105. The summed E-state index contributed by atoms with van der Waals surface area (Å²) in [4.78, 5) is 9.18. The van der Waals surface area contributed by atoms with Crippen molar-refractivity contribution in [1.82, 2.24) is 9.66 Å².